The minimum atomic E-state index is -3.71. The van der Waals surface area contributed by atoms with Crippen LogP contribution >= 0.6 is 0 Å². The van der Waals surface area contributed by atoms with E-state index in [0.717, 1.165) is 6.42 Å². The summed E-state index contributed by atoms with van der Waals surface area (Å²) in [6, 6.07) is 7.84. The van der Waals surface area contributed by atoms with Gasteiger partial charge in [0.1, 0.15) is 12.3 Å². The van der Waals surface area contributed by atoms with E-state index in [1.807, 2.05) is 13.8 Å². The van der Waals surface area contributed by atoms with Gasteiger partial charge in [-0.3, -0.25) is 9.36 Å². The van der Waals surface area contributed by atoms with Crippen LogP contribution in [0.25, 0.3) is 11.1 Å². The van der Waals surface area contributed by atoms with Crippen LogP contribution in [0.2, 0.25) is 0 Å². The van der Waals surface area contributed by atoms with Crippen LogP contribution in [0.1, 0.15) is 26.0 Å². The van der Waals surface area contributed by atoms with Gasteiger partial charge in [0.05, 0.1) is 23.2 Å². The Kier molecular flexibility index (Phi) is 6.00. The number of benzene rings is 1. The molecule has 0 saturated carbocycles. The van der Waals surface area contributed by atoms with Crippen molar-refractivity contribution in [3.63, 3.8) is 0 Å². The first-order valence-corrected chi connectivity index (χ1v) is 12.0. The first-order valence-electron chi connectivity index (χ1n) is 10.5. The van der Waals surface area contributed by atoms with Gasteiger partial charge in [0.15, 0.2) is 5.58 Å². The number of hydrogen-bond acceptors (Lipinski definition) is 6. The highest BCUT2D eigenvalue weighted by molar-refractivity contribution is 7.89. The van der Waals surface area contributed by atoms with E-state index in [1.165, 1.54) is 38.2 Å². The van der Waals surface area contributed by atoms with E-state index in [1.54, 1.807) is 19.2 Å². The Balaban J connectivity index is 1.57. The lowest BCUT2D eigenvalue weighted by atomic mass is 9.94. The maximum Gasteiger partial charge on any atom is 0.420 e. The Bertz CT molecular complexity index is 1260. The number of carbonyl (C=O) groups excluding carboxylic acids is 1. The summed E-state index contributed by atoms with van der Waals surface area (Å²) in [4.78, 5) is 26.5. The van der Waals surface area contributed by atoms with Crippen molar-refractivity contribution in [2.45, 2.75) is 38.3 Å². The molecule has 32 heavy (non-hydrogen) atoms. The maximum atomic E-state index is 13.2. The molecule has 10 heteroatoms. The summed E-state index contributed by atoms with van der Waals surface area (Å²) in [5, 5.41) is 0. The number of amides is 1. The van der Waals surface area contributed by atoms with Crippen LogP contribution in [-0.2, 0) is 27.9 Å². The van der Waals surface area contributed by atoms with E-state index in [9.17, 15) is 18.0 Å². The molecular formula is C22H27N3O6S. The Hall–Kier alpha value is -2.85. The third-order valence-corrected chi connectivity index (χ3v) is 7.63. The summed E-state index contributed by atoms with van der Waals surface area (Å²) < 4.78 is 39.6. The van der Waals surface area contributed by atoms with Crippen LogP contribution in [-0.4, -0.2) is 48.2 Å². The van der Waals surface area contributed by atoms with Gasteiger partial charge in [0.2, 0.25) is 15.9 Å². The van der Waals surface area contributed by atoms with Crippen molar-refractivity contribution in [1.82, 2.24) is 13.8 Å². The molecule has 9 nitrogen and oxygen atoms in total. The third-order valence-electron chi connectivity index (χ3n) is 5.81. The zero-order valence-electron chi connectivity index (χ0n) is 18.4. The number of oxazole rings is 1. The van der Waals surface area contributed by atoms with Crippen LogP contribution in [0.3, 0.4) is 0 Å². The van der Waals surface area contributed by atoms with Gasteiger partial charge >= 0.3 is 5.76 Å². The SMILES string of the molecule is CC1CC(C)CN(S(=O)(=O)c2ccc3c(c2)oc(=O)n3CC(=O)N(C)Cc2ccco2)C1. The second kappa shape index (κ2) is 8.59. The first-order chi connectivity index (χ1) is 15.1. The Labute approximate surface area is 186 Å². The van der Waals surface area contributed by atoms with Crippen molar-refractivity contribution >= 4 is 27.0 Å². The van der Waals surface area contributed by atoms with Crippen molar-refractivity contribution in [3.8, 4) is 0 Å². The molecule has 0 aliphatic carbocycles. The fourth-order valence-electron chi connectivity index (χ4n) is 4.29. The number of fused-ring (bicyclic) bond motifs is 1. The van der Waals surface area contributed by atoms with E-state index >= 15 is 0 Å². The molecule has 0 N–H and O–H groups in total. The van der Waals surface area contributed by atoms with Crippen molar-refractivity contribution in [2.24, 2.45) is 11.8 Å². The Morgan fingerprint density at radius 2 is 1.91 bits per heavy atom. The van der Waals surface area contributed by atoms with Crippen LogP contribution < -0.4 is 5.76 Å². The van der Waals surface area contributed by atoms with Crippen LogP contribution in [0, 0.1) is 11.8 Å². The highest BCUT2D eigenvalue weighted by Crippen LogP contribution is 2.28. The van der Waals surface area contributed by atoms with Gasteiger partial charge in [-0.25, -0.2) is 13.2 Å². The minimum Gasteiger partial charge on any atom is -0.467 e. The number of carbonyl (C=O) groups is 1. The lowest BCUT2D eigenvalue weighted by Gasteiger charge is -2.34. The average molecular weight is 462 g/mol. The quantitative estimate of drug-likeness (QED) is 0.558. The number of sulfonamides is 1. The van der Waals surface area contributed by atoms with Gasteiger partial charge in [-0.1, -0.05) is 13.8 Å². The molecular weight excluding hydrogens is 434 g/mol. The number of rotatable bonds is 6. The number of nitrogens with zero attached hydrogens (tertiary/aromatic N) is 3. The van der Waals surface area contributed by atoms with Gasteiger partial charge in [0.25, 0.3) is 0 Å². The molecule has 0 bridgehead atoms. The highest BCUT2D eigenvalue weighted by atomic mass is 32.2. The van der Waals surface area contributed by atoms with Crippen molar-refractivity contribution < 1.29 is 22.0 Å². The summed E-state index contributed by atoms with van der Waals surface area (Å²) in [7, 11) is -2.10. The normalized spacial score (nSPS) is 20.0. The molecule has 3 heterocycles. The zero-order chi connectivity index (χ0) is 23.0. The maximum absolute atomic E-state index is 13.2. The zero-order valence-corrected chi connectivity index (χ0v) is 19.2. The number of hydrogen-bond donors (Lipinski definition) is 0. The fraction of sp³-hybridized carbons (Fsp3) is 0.455. The molecule has 1 fully saturated rings. The molecule has 4 rings (SSSR count). The summed E-state index contributed by atoms with van der Waals surface area (Å²) in [6.07, 6.45) is 2.52. The van der Waals surface area contributed by atoms with E-state index in [4.69, 9.17) is 8.83 Å². The van der Waals surface area contributed by atoms with Gasteiger partial charge in [-0.15, -0.1) is 0 Å². The molecule has 172 valence electrons. The number of furan rings is 1. The second-order valence-electron chi connectivity index (χ2n) is 8.68. The molecule has 2 unspecified atom stereocenters. The average Bonchev–Trinajstić information content (AvgIpc) is 3.34. The topological polar surface area (TPSA) is 106 Å². The summed E-state index contributed by atoms with van der Waals surface area (Å²) in [6.45, 7) is 5.06. The Morgan fingerprint density at radius 3 is 2.56 bits per heavy atom. The molecule has 1 aromatic carbocycles. The Morgan fingerprint density at radius 1 is 1.19 bits per heavy atom. The second-order valence-corrected chi connectivity index (χ2v) is 10.6. The van der Waals surface area contributed by atoms with E-state index in [-0.39, 0.29) is 41.3 Å². The van der Waals surface area contributed by atoms with Crippen LogP contribution in [0.5, 0.6) is 0 Å². The standard InChI is InChI=1S/C22H27N3O6S/c1-15-9-16(2)12-24(11-15)32(28,29)18-6-7-19-20(10-18)31-22(27)25(19)14-21(26)23(3)13-17-5-4-8-30-17/h4-8,10,15-16H,9,11-14H2,1-3H3. The van der Waals surface area contributed by atoms with Crippen LogP contribution in [0.4, 0.5) is 0 Å². The lowest BCUT2D eigenvalue weighted by molar-refractivity contribution is -0.131. The lowest BCUT2D eigenvalue weighted by Crippen LogP contribution is -2.42. The molecule has 1 amide bonds. The van der Waals surface area contributed by atoms with E-state index < -0.39 is 15.8 Å². The highest BCUT2D eigenvalue weighted by Gasteiger charge is 2.32. The van der Waals surface area contributed by atoms with Gasteiger partial charge in [-0.05, 0) is 42.5 Å². The number of likely N-dealkylation sites (N-methyl/N-ethyl adjacent to an activating group) is 1. The molecule has 1 aliphatic rings. The van der Waals surface area contributed by atoms with Crippen LogP contribution in [0.15, 0.2) is 55.1 Å². The summed E-state index contributed by atoms with van der Waals surface area (Å²) >= 11 is 0. The van der Waals surface area contributed by atoms with Gasteiger partial charge < -0.3 is 13.7 Å². The van der Waals surface area contributed by atoms with Gasteiger partial charge in [-0.2, -0.15) is 4.31 Å². The summed E-state index contributed by atoms with van der Waals surface area (Å²) in [5.74, 6) is 0.163. The fourth-order valence-corrected chi connectivity index (χ4v) is 5.98. The summed E-state index contributed by atoms with van der Waals surface area (Å²) in [5.41, 5.74) is 0.504. The predicted octanol–water partition coefficient (Wildman–Crippen LogP) is 2.51. The minimum absolute atomic E-state index is 0.0773. The van der Waals surface area contributed by atoms with E-state index in [0.29, 0.717) is 24.4 Å². The van der Waals surface area contributed by atoms with Crippen molar-refractivity contribution in [3.05, 3.63) is 52.9 Å². The largest absolute Gasteiger partial charge is 0.467 e. The van der Waals surface area contributed by atoms with Crippen molar-refractivity contribution in [2.75, 3.05) is 20.1 Å². The molecule has 1 saturated heterocycles. The number of aromatic nitrogens is 1. The van der Waals surface area contributed by atoms with Gasteiger partial charge in [0, 0.05) is 26.2 Å². The smallest absolute Gasteiger partial charge is 0.420 e. The molecule has 3 aromatic rings. The molecule has 2 aromatic heterocycles. The van der Waals surface area contributed by atoms with E-state index in [2.05, 4.69) is 0 Å². The third kappa shape index (κ3) is 4.37. The van der Waals surface area contributed by atoms with Crippen molar-refractivity contribution in [1.29, 1.82) is 0 Å². The predicted molar refractivity (Wildman–Crippen MR) is 117 cm³/mol. The monoisotopic (exact) mass is 461 g/mol. The molecule has 2 atom stereocenters. The molecule has 0 spiro atoms. The molecule has 0 radical (unpaired) electrons. The number of piperidine rings is 1. The molecule has 1 aliphatic heterocycles. The first kappa shape index (κ1) is 22.3.